The number of anilines is 1. The zero-order valence-electron chi connectivity index (χ0n) is 14.8. The van der Waals surface area contributed by atoms with Crippen LogP contribution >= 0.6 is 11.8 Å². The van der Waals surface area contributed by atoms with Crippen molar-refractivity contribution in [1.29, 1.82) is 0 Å². The van der Waals surface area contributed by atoms with E-state index < -0.39 is 5.30 Å². The minimum absolute atomic E-state index is 0.324. The first-order valence-corrected chi connectivity index (χ1v) is 9.02. The first-order chi connectivity index (χ1) is 13.4. The molecule has 1 aromatic heterocycles. The Kier molecular flexibility index (Phi) is 5.90. The van der Waals surface area contributed by atoms with Crippen molar-refractivity contribution in [2.45, 2.75) is 4.90 Å². The molecule has 0 saturated carbocycles. The highest BCUT2D eigenvalue weighted by Crippen LogP contribution is 2.25. The molecule has 1 heterocycles. The van der Waals surface area contributed by atoms with Crippen LogP contribution in [0, 0.1) is 5.82 Å². The molecule has 0 bridgehead atoms. The standard InChI is InChI=1S/C20H16FN3O3S/c1-24-19(13-2-5-15(21)6-3-13)14(12-22-24)4-11-18(25)23-16-7-9-17(10-8-16)28-20(26)27/h2-12H,1H3,(H,23,25)(H,26,27). The summed E-state index contributed by atoms with van der Waals surface area (Å²) in [5.74, 6) is -0.664. The van der Waals surface area contributed by atoms with Crippen molar-refractivity contribution in [3.8, 4) is 11.3 Å². The fourth-order valence-corrected chi connectivity index (χ4v) is 3.07. The Labute approximate surface area is 164 Å². The van der Waals surface area contributed by atoms with E-state index in [1.807, 2.05) is 0 Å². The molecule has 142 valence electrons. The second-order valence-electron chi connectivity index (χ2n) is 5.79. The molecule has 6 nitrogen and oxygen atoms in total. The van der Waals surface area contributed by atoms with Gasteiger partial charge in [-0.05, 0) is 66.4 Å². The molecular weight excluding hydrogens is 381 g/mol. The molecule has 8 heteroatoms. The highest BCUT2D eigenvalue weighted by atomic mass is 32.2. The quantitative estimate of drug-likeness (QED) is 0.484. The van der Waals surface area contributed by atoms with Crippen molar-refractivity contribution in [2.24, 2.45) is 7.05 Å². The average molecular weight is 397 g/mol. The van der Waals surface area contributed by atoms with Crippen molar-refractivity contribution in [3.05, 3.63) is 72.2 Å². The minimum atomic E-state index is -0.992. The number of nitrogens with zero attached hydrogens (tertiary/aromatic N) is 2. The minimum Gasteiger partial charge on any atom is -0.473 e. The Morgan fingerprint density at radius 2 is 1.82 bits per heavy atom. The Bertz CT molecular complexity index is 1030. The number of carbonyl (C=O) groups excluding carboxylic acids is 1. The monoisotopic (exact) mass is 397 g/mol. The van der Waals surface area contributed by atoms with E-state index in [1.165, 1.54) is 18.2 Å². The van der Waals surface area contributed by atoms with E-state index in [1.54, 1.807) is 60.4 Å². The number of aryl methyl sites for hydroxylation is 1. The van der Waals surface area contributed by atoms with Gasteiger partial charge in [0, 0.05) is 34.8 Å². The van der Waals surface area contributed by atoms with E-state index >= 15 is 0 Å². The normalized spacial score (nSPS) is 10.9. The molecule has 28 heavy (non-hydrogen) atoms. The molecule has 0 radical (unpaired) electrons. The third-order valence-corrected chi connectivity index (χ3v) is 4.51. The van der Waals surface area contributed by atoms with Gasteiger partial charge in [-0.1, -0.05) is 0 Å². The number of carbonyl (C=O) groups is 2. The van der Waals surface area contributed by atoms with Gasteiger partial charge in [-0.2, -0.15) is 5.10 Å². The lowest BCUT2D eigenvalue weighted by atomic mass is 10.1. The number of amides is 1. The number of hydrogen-bond acceptors (Lipinski definition) is 4. The van der Waals surface area contributed by atoms with Crippen LogP contribution in [0.5, 0.6) is 0 Å². The first kappa shape index (κ1) is 19.4. The van der Waals surface area contributed by atoms with Gasteiger partial charge in [0.1, 0.15) is 5.82 Å². The molecule has 2 N–H and O–H groups in total. The fraction of sp³-hybridized carbons (Fsp3) is 0.0500. The topological polar surface area (TPSA) is 84.2 Å². The summed E-state index contributed by atoms with van der Waals surface area (Å²) in [5, 5.41) is 14.7. The number of hydrogen-bond donors (Lipinski definition) is 2. The summed E-state index contributed by atoms with van der Waals surface area (Å²) in [5.41, 5.74) is 2.82. The molecule has 0 aliphatic heterocycles. The number of rotatable bonds is 5. The Morgan fingerprint density at radius 3 is 2.46 bits per heavy atom. The van der Waals surface area contributed by atoms with Crippen molar-refractivity contribution in [2.75, 3.05) is 5.32 Å². The van der Waals surface area contributed by atoms with Crippen LogP contribution < -0.4 is 5.32 Å². The number of benzene rings is 2. The summed E-state index contributed by atoms with van der Waals surface area (Å²) in [7, 11) is 1.77. The summed E-state index contributed by atoms with van der Waals surface area (Å²) in [6, 6.07) is 12.5. The fourth-order valence-electron chi connectivity index (χ4n) is 2.59. The van der Waals surface area contributed by atoms with Crippen LogP contribution in [0.15, 0.2) is 65.7 Å². The molecule has 2 aromatic carbocycles. The lowest BCUT2D eigenvalue weighted by molar-refractivity contribution is -0.111. The zero-order chi connectivity index (χ0) is 20.1. The molecule has 0 fully saturated rings. The lowest BCUT2D eigenvalue weighted by Crippen LogP contribution is -2.07. The third kappa shape index (κ3) is 4.86. The number of aromatic nitrogens is 2. The van der Waals surface area contributed by atoms with Crippen LogP contribution in [0.3, 0.4) is 0 Å². The van der Waals surface area contributed by atoms with Gasteiger partial charge in [-0.15, -0.1) is 0 Å². The van der Waals surface area contributed by atoms with Gasteiger partial charge in [-0.3, -0.25) is 9.48 Å². The van der Waals surface area contributed by atoms with Crippen LogP contribution in [-0.4, -0.2) is 26.1 Å². The Morgan fingerprint density at radius 1 is 1.14 bits per heavy atom. The van der Waals surface area contributed by atoms with Gasteiger partial charge in [0.05, 0.1) is 11.9 Å². The maximum Gasteiger partial charge on any atom is 0.369 e. The van der Waals surface area contributed by atoms with Gasteiger partial charge in [0.25, 0.3) is 0 Å². The van der Waals surface area contributed by atoms with E-state index in [0.29, 0.717) is 22.3 Å². The van der Waals surface area contributed by atoms with Crippen molar-refractivity contribution in [3.63, 3.8) is 0 Å². The van der Waals surface area contributed by atoms with Gasteiger partial charge in [0.15, 0.2) is 0 Å². The van der Waals surface area contributed by atoms with Gasteiger partial charge in [0.2, 0.25) is 5.91 Å². The molecule has 1 amide bonds. The lowest BCUT2D eigenvalue weighted by Gasteiger charge is -2.05. The summed E-state index contributed by atoms with van der Waals surface area (Å²) in [6.07, 6.45) is 4.64. The first-order valence-electron chi connectivity index (χ1n) is 8.20. The van der Waals surface area contributed by atoms with Crippen LogP contribution in [-0.2, 0) is 11.8 Å². The number of thioether (sulfide) groups is 1. The van der Waals surface area contributed by atoms with E-state index in [-0.39, 0.29) is 11.7 Å². The SMILES string of the molecule is Cn1ncc(C=CC(=O)Nc2ccc(SC(=O)O)cc2)c1-c1ccc(F)cc1. The Hall–Kier alpha value is -3.39. The molecule has 0 aliphatic rings. The van der Waals surface area contributed by atoms with Crippen molar-refractivity contribution >= 4 is 34.7 Å². The van der Waals surface area contributed by atoms with Gasteiger partial charge >= 0.3 is 5.30 Å². The number of carboxylic acid groups (broad SMARTS) is 1. The molecule has 3 aromatic rings. The smallest absolute Gasteiger partial charge is 0.369 e. The van der Waals surface area contributed by atoms with E-state index in [4.69, 9.17) is 5.11 Å². The van der Waals surface area contributed by atoms with Crippen LogP contribution in [0.25, 0.3) is 17.3 Å². The highest BCUT2D eigenvalue weighted by Gasteiger charge is 2.09. The summed E-state index contributed by atoms with van der Waals surface area (Å²) >= 11 is 0.693. The highest BCUT2D eigenvalue weighted by molar-refractivity contribution is 8.13. The molecular formula is C20H16FN3O3S. The Balaban J connectivity index is 1.71. The summed E-state index contributed by atoms with van der Waals surface area (Å²) in [4.78, 5) is 23.4. The molecule has 0 aliphatic carbocycles. The predicted octanol–water partition coefficient (Wildman–Crippen LogP) is 4.65. The molecule has 0 unspecified atom stereocenters. The van der Waals surface area contributed by atoms with Gasteiger partial charge < -0.3 is 10.4 Å². The number of halogens is 1. The average Bonchev–Trinajstić information content (AvgIpc) is 3.02. The van der Waals surface area contributed by atoms with E-state index in [9.17, 15) is 14.0 Å². The third-order valence-electron chi connectivity index (χ3n) is 3.83. The maximum atomic E-state index is 13.2. The predicted molar refractivity (Wildman–Crippen MR) is 107 cm³/mol. The molecule has 0 saturated heterocycles. The number of nitrogens with one attached hydrogen (secondary N) is 1. The molecule has 3 rings (SSSR count). The van der Waals surface area contributed by atoms with Crippen LogP contribution in [0.4, 0.5) is 14.9 Å². The van der Waals surface area contributed by atoms with Crippen molar-refractivity contribution < 1.29 is 19.1 Å². The zero-order valence-corrected chi connectivity index (χ0v) is 15.6. The summed E-state index contributed by atoms with van der Waals surface area (Å²) < 4.78 is 14.8. The van der Waals surface area contributed by atoms with E-state index in [0.717, 1.165) is 16.8 Å². The molecule has 0 atom stereocenters. The maximum absolute atomic E-state index is 13.2. The van der Waals surface area contributed by atoms with Gasteiger partial charge in [-0.25, -0.2) is 9.18 Å². The second-order valence-corrected chi connectivity index (χ2v) is 6.82. The second kappa shape index (κ2) is 8.53. The van der Waals surface area contributed by atoms with Crippen LogP contribution in [0.2, 0.25) is 0 Å². The van der Waals surface area contributed by atoms with Crippen molar-refractivity contribution in [1.82, 2.24) is 9.78 Å². The largest absolute Gasteiger partial charge is 0.473 e. The summed E-state index contributed by atoms with van der Waals surface area (Å²) in [6.45, 7) is 0. The van der Waals surface area contributed by atoms with Crippen LogP contribution in [0.1, 0.15) is 5.56 Å². The van der Waals surface area contributed by atoms with E-state index in [2.05, 4.69) is 10.4 Å². The molecule has 0 spiro atoms.